The van der Waals surface area contributed by atoms with E-state index in [1.807, 2.05) is 4.72 Å². The Labute approximate surface area is 187 Å². The van der Waals surface area contributed by atoms with Crippen LogP contribution in [-0.4, -0.2) is 18.4 Å². The first-order valence-corrected chi connectivity index (χ1v) is 10.5. The minimum atomic E-state index is -5.22. The molecule has 0 amide bonds. The van der Waals surface area contributed by atoms with Crippen molar-refractivity contribution in [3.8, 4) is 11.1 Å². The highest BCUT2D eigenvalue weighted by Crippen LogP contribution is 2.38. The van der Waals surface area contributed by atoms with E-state index in [-0.39, 0.29) is 34.5 Å². The van der Waals surface area contributed by atoms with E-state index in [1.165, 1.54) is 24.3 Å². The Morgan fingerprint density at radius 2 is 1.34 bits per heavy atom. The quantitative estimate of drug-likeness (QED) is 0.327. The molecule has 1 aromatic heterocycles. The summed E-state index contributed by atoms with van der Waals surface area (Å²) in [6.45, 7) is 0. The first-order chi connectivity index (χ1) is 14.7. The summed E-state index contributed by atoms with van der Waals surface area (Å²) in [5, 5.41) is 0.118. The summed E-state index contributed by atoms with van der Waals surface area (Å²) in [5.41, 5.74) is -3.34. The van der Waals surface area contributed by atoms with Crippen molar-refractivity contribution >= 4 is 39.0 Å². The number of aromatic nitrogens is 2. The zero-order chi connectivity index (χ0) is 23.9. The molecule has 0 atom stereocenters. The number of hydrogen-bond donors (Lipinski definition) is 1. The molecule has 3 aromatic rings. The maximum Gasteiger partial charge on any atom is 0.416 e. The van der Waals surface area contributed by atoms with Crippen LogP contribution in [0.2, 0.25) is 10.2 Å². The van der Waals surface area contributed by atoms with Gasteiger partial charge in [-0.15, -0.1) is 0 Å². The molecule has 5 nitrogen and oxygen atoms in total. The summed E-state index contributed by atoms with van der Waals surface area (Å²) in [6.07, 6.45) is -9.58. The number of nitrogens with zero attached hydrogens (tertiary/aromatic N) is 2. The Kier molecular flexibility index (Phi) is 6.33. The second-order valence-corrected chi connectivity index (χ2v) is 8.72. The van der Waals surface area contributed by atoms with Gasteiger partial charge in [0.05, 0.1) is 21.6 Å². The minimum absolute atomic E-state index is 0.0579. The van der Waals surface area contributed by atoms with Crippen LogP contribution >= 0.6 is 23.2 Å². The van der Waals surface area contributed by atoms with Crippen LogP contribution in [0.4, 0.5) is 32.2 Å². The lowest BCUT2D eigenvalue weighted by Gasteiger charge is -2.16. The maximum atomic E-state index is 13.1. The Bertz CT molecular complexity index is 1230. The van der Waals surface area contributed by atoms with Crippen molar-refractivity contribution in [2.24, 2.45) is 0 Å². The Balaban J connectivity index is 2.13. The molecule has 0 aliphatic carbocycles. The van der Waals surface area contributed by atoms with Crippen molar-refractivity contribution in [1.29, 1.82) is 0 Å². The Morgan fingerprint density at radius 1 is 0.812 bits per heavy atom. The molecule has 1 N–H and O–H groups in total. The molecule has 32 heavy (non-hydrogen) atoms. The van der Waals surface area contributed by atoms with Gasteiger partial charge < -0.3 is 0 Å². The lowest BCUT2D eigenvalue weighted by molar-refractivity contribution is -0.143. The average Bonchev–Trinajstić information content (AvgIpc) is 2.67. The number of halogens is 8. The highest BCUT2D eigenvalue weighted by molar-refractivity contribution is 7.92. The van der Waals surface area contributed by atoms with Gasteiger partial charge in [-0.25, -0.2) is 18.4 Å². The summed E-state index contributed by atoms with van der Waals surface area (Å²) in [6, 6.07) is 5.76. The fourth-order valence-corrected chi connectivity index (χ4v) is 4.04. The number of sulfonamides is 1. The molecular weight excluding hydrogens is 507 g/mol. The van der Waals surface area contributed by atoms with Gasteiger partial charge in [0.25, 0.3) is 10.0 Å². The predicted octanol–water partition coefficient (Wildman–Crippen LogP) is 6.29. The van der Waals surface area contributed by atoms with Crippen LogP contribution in [0.25, 0.3) is 11.1 Å². The number of anilines is 1. The van der Waals surface area contributed by atoms with Crippen molar-refractivity contribution in [2.45, 2.75) is 17.2 Å². The van der Waals surface area contributed by atoms with Gasteiger partial charge in [-0.3, -0.25) is 4.72 Å². The molecule has 0 fully saturated rings. The fourth-order valence-electron chi connectivity index (χ4n) is 2.58. The molecular formula is C18H9Cl2F6N3O2S. The van der Waals surface area contributed by atoms with Crippen LogP contribution in [0, 0.1) is 0 Å². The van der Waals surface area contributed by atoms with E-state index in [0.717, 1.165) is 6.33 Å². The van der Waals surface area contributed by atoms with Gasteiger partial charge in [-0.1, -0.05) is 35.3 Å². The highest BCUT2D eigenvalue weighted by atomic mass is 35.5. The second-order valence-electron chi connectivity index (χ2n) is 6.24. The van der Waals surface area contributed by atoms with Crippen molar-refractivity contribution in [1.82, 2.24) is 9.97 Å². The summed E-state index contributed by atoms with van der Waals surface area (Å²) in [5.74, 6) is -0.460. The average molecular weight is 516 g/mol. The summed E-state index contributed by atoms with van der Waals surface area (Å²) in [7, 11) is -4.96. The van der Waals surface area contributed by atoms with E-state index in [9.17, 15) is 34.8 Å². The monoisotopic (exact) mass is 515 g/mol. The molecule has 0 saturated heterocycles. The zero-order valence-corrected chi connectivity index (χ0v) is 17.6. The van der Waals surface area contributed by atoms with Crippen molar-refractivity contribution < 1.29 is 34.8 Å². The second kappa shape index (κ2) is 8.41. The largest absolute Gasteiger partial charge is 0.416 e. The number of nitrogens with one attached hydrogen (secondary N) is 1. The smallest absolute Gasteiger partial charge is 0.263 e. The van der Waals surface area contributed by atoms with Crippen molar-refractivity contribution in [3.05, 3.63) is 70.1 Å². The molecule has 0 aliphatic heterocycles. The van der Waals surface area contributed by atoms with E-state index >= 15 is 0 Å². The van der Waals surface area contributed by atoms with Crippen LogP contribution in [0.5, 0.6) is 0 Å². The molecule has 0 unspecified atom stereocenters. The van der Waals surface area contributed by atoms with Crippen molar-refractivity contribution in [2.75, 3.05) is 4.72 Å². The molecule has 0 bridgehead atoms. The zero-order valence-electron chi connectivity index (χ0n) is 15.3. The number of benzene rings is 2. The van der Waals surface area contributed by atoms with Crippen LogP contribution in [0.15, 0.2) is 53.7 Å². The first-order valence-electron chi connectivity index (χ1n) is 8.27. The van der Waals surface area contributed by atoms with Gasteiger partial charge >= 0.3 is 12.4 Å². The molecule has 1 heterocycles. The first kappa shape index (κ1) is 24.1. The van der Waals surface area contributed by atoms with Crippen LogP contribution in [0.3, 0.4) is 0 Å². The van der Waals surface area contributed by atoms with Crippen LogP contribution < -0.4 is 4.72 Å². The molecule has 14 heteroatoms. The van der Waals surface area contributed by atoms with Crippen molar-refractivity contribution in [3.63, 3.8) is 0 Å². The molecule has 0 radical (unpaired) electrons. The molecule has 2 aromatic carbocycles. The summed E-state index contributed by atoms with van der Waals surface area (Å²) < 4.78 is 106. The molecule has 0 aliphatic rings. The summed E-state index contributed by atoms with van der Waals surface area (Å²) >= 11 is 11.8. The van der Waals surface area contributed by atoms with E-state index in [0.29, 0.717) is 5.02 Å². The fraction of sp³-hybridized carbons (Fsp3) is 0.111. The van der Waals surface area contributed by atoms with E-state index in [4.69, 9.17) is 23.2 Å². The third-order valence-corrected chi connectivity index (χ3v) is 5.89. The van der Waals surface area contributed by atoms with Gasteiger partial charge in [0, 0.05) is 5.02 Å². The molecule has 3 rings (SSSR count). The maximum absolute atomic E-state index is 13.1. The van der Waals surface area contributed by atoms with E-state index in [2.05, 4.69) is 9.97 Å². The predicted molar refractivity (Wildman–Crippen MR) is 105 cm³/mol. The topological polar surface area (TPSA) is 72.0 Å². The van der Waals surface area contributed by atoms with Gasteiger partial charge in [0.2, 0.25) is 0 Å². The van der Waals surface area contributed by atoms with E-state index < -0.39 is 44.2 Å². The lowest BCUT2D eigenvalue weighted by atomic mass is 10.1. The molecule has 170 valence electrons. The van der Waals surface area contributed by atoms with Gasteiger partial charge in [-0.05, 0) is 35.9 Å². The lowest BCUT2D eigenvalue weighted by Crippen LogP contribution is -2.18. The molecule has 0 saturated carbocycles. The normalized spacial score (nSPS) is 12.6. The minimum Gasteiger partial charge on any atom is -0.263 e. The third-order valence-electron chi connectivity index (χ3n) is 4.04. The van der Waals surface area contributed by atoms with Crippen LogP contribution in [0.1, 0.15) is 11.1 Å². The number of hydrogen-bond acceptors (Lipinski definition) is 4. The van der Waals surface area contributed by atoms with Gasteiger partial charge in [0.15, 0.2) is 5.82 Å². The number of rotatable bonds is 4. The van der Waals surface area contributed by atoms with Crippen LogP contribution in [-0.2, 0) is 22.4 Å². The molecule has 0 spiro atoms. The van der Waals surface area contributed by atoms with E-state index in [1.54, 1.807) is 0 Å². The standard InChI is InChI=1S/C18H9Cl2F6N3O2S/c19-12-3-1-9(2-4-12)14-15(20)27-8-28-16(14)29-32(30,31)13-6-10(17(21,22)23)5-11(7-13)18(24,25)26/h1-8H,(H,27,28,29). The Morgan fingerprint density at radius 3 is 1.84 bits per heavy atom. The van der Waals surface area contributed by atoms with Gasteiger partial charge in [0.1, 0.15) is 11.5 Å². The third kappa shape index (κ3) is 5.25. The SMILES string of the molecule is O=S(=O)(Nc1ncnc(Cl)c1-c1ccc(Cl)cc1)c1cc(C(F)(F)F)cc(C(F)(F)F)c1. The van der Waals surface area contributed by atoms with Gasteiger partial charge in [-0.2, -0.15) is 26.3 Å². The Hall–Kier alpha value is -2.57. The highest BCUT2D eigenvalue weighted by Gasteiger charge is 2.38. The number of alkyl halides is 6. The summed E-state index contributed by atoms with van der Waals surface area (Å²) in [4.78, 5) is 6.18.